The number of thiocarbonyl (C=S) groups is 1. The van der Waals surface area contributed by atoms with Crippen LogP contribution in [0.25, 0.3) is 6.08 Å². The Morgan fingerprint density at radius 3 is 2.61 bits per heavy atom. The molecule has 1 aliphatic heterocycles. The number of hydrogen-bond acceptors (Lipinski definition) is 4. The van der Waals surface area contributed by atoms with Crippen LogP contribution in [0.3, 0.4) is 0 Å². The number of nitrogens with zero attached hydrogens (tertiary/aromatic N) is 1. The summed E-state index contributed by atoms with van der Waals surface area (Å²) < 4.78 is 20.5. The van der Waals surface area contributed by atoms with Crippen molar-refractivity contribution in [3.63, 3.8) is 0 Å². The van der Waals surface area contributed by atoms with E-state index in [1.165, 1.54) is 23.9 Å². The molecule has 0 atom stereocenters. The van der Waals surface area contributed by atoms with Gasteiger partial charge in [0.25, 0.3) is 5.91 Å². The highest BCUT2D eigenvalue weighted by Gasteiger charge is 2.34. The number of carbonyl (C=O) groups excluding carboxylic acids is 1. The summed E-state index contributed by atoms with van der Waals surface area (Å²) in [5.41, 5.74) is 3.36. The van der Waals surface area contributed by atoms with E-state index >= 15 is 0 Å². The molecule has 0 saturated carbocycles. The molecule has 0 aromatic heterocycles. The molecule has 1 amide bonds. The molecule has 156 valence electrons. The first kappa shape index (κ1) is 21.7. The minimum absolute atomic E-state index is 0.159. The van der Waals surface area contributed by atoms with E-state index in [-0.39, 0.29) is 18.3 Å². The Kier molecular flexibility index (Phi) is 6.55. The molecular formula is C24H17BrFNO2S2. The lowest BCUT2D eigenvalue weighted by Crippen LogP contribution is -2.28. The van der Waals surface area contributed by atoms with E-state index in [2.05, 4.69) is 15.9 Å². The van der Waals surface area contributed by atoms with Crippen LogP contribution in [-0.2, 0) is 11.4 Å². The average Bonchev–Trinajstić information content (AvgIpc) is 3.02. The maximum absolute atomic E-state index is 13.1. The molecular weight excluding hydrogens is 497 g/mol. The zero-order chi connectivity index (χ0) is 22.0. The number of halogens is 2. The zero-order valence-corrected chi connectivity index (χ0v) is 19.7. The van der Waals surface area contributed by atoms with Gasteiger partial charge in [0.15, 0.2) is 4.32 Å². The molecule has 1 saturated heterocycles. The van der Waals surface area contributed by atoms with Crippen molar-refractivity contribution in [2.45, 2.75) is 13.5 Å². The number of thioether (sulfide) groups is 1. The third-order valence-corrected chi connectivity index (χ3v) is 6.51. The second-order valence-corrected chi connectivity index (χ2v) is 9.49. The zero-order valence-electron chi connectivity index (χ0n) is 16.5. The number of aryl methyl sites for hydroxylation is 1. The summed E-state index contributed by atoms with van der Waals surface area (Å²) in [5, 5.41) is 0. The van der Waals surface area contributed by atoms with Crippen molar-refractivity contribution in [1.82, 2.24) is 0 Å². The lowest BCUT2D eigenvalue weighted by atomic mass is 10.1. The number of benzene rings is 3. The first-order chi connectivity index (χ1) is 14.9. The minimum Gasteiger partial charge on any atom is -0.488 e. The van der Waals surface area contributed by atoms with E-state index in [0.29, 0.717) is 15.0 Å². The summed E-state index contributed by atoms with van der Waals surface area (Å²) in [7, 11) is 0. The van der Waals surface area contributed by atoms with Crippen LogP contribution < -0.4 is 9.64 Å². The Morgan fingerprint density at radius 2 is 1.87 bits per heavy atom. The Labute approximate surface area is 198 Å². The lowest BCUT2D eigenvalue weighted by molar-refractivity contribution is -0.113. The van der Waals surface area contributed by atoms with Gasteiger partial charge in [-0.2, -0.15) is 0 Å². The maximum Gasteiger partial charge on any atom is 0.270 e. The van der Waals surface area contributed by atoms with Crippen LogP contribution in [0.4, 0.5) is 10.1 Å². The Balaban J connectivity index is 1.61. The van der Waals surface area contributed by atoms with E-state index < -0.39 is 0 Å². The van der Waals surface area contributed by atoms with Gasteiger partial charge in [-0.3, -0.25) is 9.69 Å². The van der Waals surface area contributed by atoms with Gasteiger partial charge in [-0.05, 0) is 60.5 Å². The molecule has 3 aromatic rings. The highest BCUT2D eigenvalue weighted by molar-refractivity contribution is 9.10. The molecule has 0 N–H and O–H groups in total. The summed E-state index contributed by atoms with van der Waals surface area (Å²) in [5.74, 6) is 0.172. The maximum atomic E-state index is 13.1. The summed E-state index contributed by atoms with van der Waals surface area (Å²) >= 11 is 10.2. The van der Waals surface area contributed by atoms with Crippen molar-refractivity contribution in [2.24, 2.45) is 0 Å². The molecule has 0 unspecified atom stereocenters. The van der Waals surface area contributed by atoms with E-state index in [0.717, 1.165) is 26.9 Å². The second-order valence-electron chi connectivity index (χ2n) is 6.90. The van der Waals surface area contributed by atoms with Crippen molar-refractivity contribution < 1.29 is 13.9 Å². The Bertz CT molecular complexity index is 1190. The van der Waals surface area contributed by atoms with Gasteiger partial charge in [-0.1, -0.05) is 70.2 Å². The van der Waals surface area contributed by atoms with Crippen LogP contribution in [0, 0.1) is 12.7 Å². The molecule has 0 aliphatic carbocycles. The summed E-state index contributed by atoms with van der Waals surface area (Å²) in [6, 6.07) is 19.4. The topological polar surface area (TPSA) is 29.5 Å². The summed E-state index contributed by atoms with van der Waals surface area (Å²) in [4.78, 5) is 15.2. The van der Waals surface area contributed by atoms with Gasteiger partial charge in [0, 0.05) is 10.0 Å². The smallest absolute Gasteiger partial charge is 0.270 e. The molecule has 31 heavy (non-hydrogen) atoms. The highest BCUT2D eigenvalue weighted by atomic mass is 79.9. The molecule has 3 aromatic carbocycles. The average molecular weight is 514 g/mol. The van der Waals surface area contributed by atoms with Crippen LogP contribution >= 0.6 is 39.9 Å². The molecule has 1 heterocycles. The van der Waals surface area contributed by atoms with Gasteiger partial charge in [-0.25, -0.2) is 4.39 Å². The monoisotopic (exact) mass is 513 g/mol. The van der Waals surface area contributed by atoms with Crippen molar-refractivity contribution in [3.8, 4) is 5.75 Å². The molecule has 7 heteroatoms. The lowest BCUT2D eigenvalue weighted by Gasteiger charge is -2.16. The summed E-state index contributed by atoms with van der Waals surface area (Å²) in [6.45, 7) is 2.24. The van der Waals surface area contributed by atoms with Crippen molar-refractivity contribution in [3.05, 3.63) is 98.6 Å². The normalized spacial score (nSPS) is 15.1. The van der Waals surface area contributed by atoms with Crippen LogP contribution in [0.2, 0.25) is 0 Å². The van der Waals surface area contributed by atoms with Gasteiger partial charge in [-0.15, -0.1) is 0 Å². The number of carbonyl (C=O) groups is 1. The standard InChI is InChI=1S/C24H17BrFNO2S2/c1-15-4-2-3-5-20(15)27-23(28)22(31-24(27)30)13-17-12-18(25)8-11-21(17)29-14-16-6-9-19(26)10-7-16/h2-13H,14H2,1H3/b22-13-. The van der Waals surface area contributed by atoms with Crippen molar-refractivity contribution in [2.75, 3.05) is 4.90 Å². The highest BCUT2D eigenvalue weighted by Crippen LogP contribution is 2.38. The van der Waals surface area contributed by atoms with E-state index in [9.17, 15) is 9.18 Å². The number of rotatable bonds is 5. The fourth-order valence-electron chi connectivity index (χ4n) is 3.14. The Morgan fingerprint density at radius 1 is 1.13 bits per heavy atom. The van der Waals surface area contributed by atoms with Gasteiger partial charge in [0.2, 0.25) is 0 Å². The largest absolute Gasteiger partial charge is 0.488 e. The number of para-hydroxylation sites is 1. The minimum atomic E-state index is -0.288. The number of hydrogen-bond donors (Lipinski definition) is 0. The molecule has 0 bridgehead atoms. The van der Waals surface area contributed by atoms with Gasteiger partial charge in [0.1, 0.15) is 18.2 Å². The van der Waals surface area contributed by atoms with E-state index in [1.807, 2.05) is 49.4 Å². The SMILES string of the molecule is Cc1ccccc1N1C(=O)/C(=C/c2cc(Br)ccc2OCc2ccc(F)cc2)SC1=S. The predicted molar refractivity (Wildman–Crippen MR) is 132 cm³/mol. The molecule has 0 radical (unpaired) electrons. The number of anilines is 1. The van der Waals surface area contributed by atoms with E-state index in [4.69, 9.17) is 17.0 Å². The quantitative estimate of drug-likeness (QED) is 0.274. The third kappa shape index (κ3) is 4.89. The second kappa shape index (κ2) is 9.34. The van der Waals surface area contributed by atoms with Gasteiger partial charge >= 0.3 is 0 Å². The first-order valence-electron chi connectivity index (χ1n) is 9.43. The molecule has 3 nitrogen and oxygen atoms in total. The predicted octanol–water partition coefficient (Wildman–Crippen LogP) is 6.88. The molecule has 1 fully saturated rings. The van der Waals surface area contributed by atoms with Crippen LogP contribution in [0.15, 0.2) is 76.1 Å². The third-order valence-electron chi connectivity index (χ3n) is 4.72. The first-order valence-corrected chi connectivity index (χ1v) is 11.4. The van der Waals surface area contributed by atoms with Crippen molar-refractivity contribution >= 4 is 61.9 Å². The number of amides is 1. The Hall–Kier alpha value is -2.48. The molecule has 4 rings (SSSR count). The van der Waals surface area contributed by atoms with Gasteiger partial charge in [0.05, 0.1) is 10.6 Å². The van der Waals surface area contributed by atoms with E-state index in [1.54, 1.807) is 23.1 Å². The fraction of sp³-hybridized carbons (Fsp3) is 0.0833. The van der Waals surface area contributed by atoms with Crippen LogP contribution in [-0.4, -0.2) is 10.2 Å². The van der Waals surface area contributed by atoms with Crippen LogP contribution in [0.5, 0.6) is 5.75 Å². The van der Waals surface area contributed by atoms with Crippen molar-refractivity contribution in [1.29, 1.82) is 0 Å². The fourth-order valence-corrected chi connectivity index (χ4v) is 4.79. The van der Waals surface area contributed by atoms with Gasteiger partial charge < -0.3 is 4.74 Å². The molecule has 1 aliphatic rings. The number of ether oxygens (including phenoxy) is 1. The summed E-state index contributed by atoms with van der Waals surface area (Å²) in [6.07, 6.45) is 1.79. The molecule has 0 spiro atoms. The van der Waals surface area contributed by atoms with Crippen LogP contribution in [0.1, 0.15) is 16.7 Å².